The molecule has 0 amide bonds. The van der Waals surface area contributed by atoms with Crippen LogP contribution in [0.15, 0.2) is 48.6 Å². The second kappa shape index (κ2) is 4.01. The predicted molar refractivity (Wildman–Crippen MR) is 55.7 cm³/mol. The number of rotatable bonds is 4. The van der Waals surface area contributed by atoms with E-state index in [1.807, 2.05) is 0 Å². The van der Waals surface area contributed by atoms with Gasteiger partial charge in [0.2, 0.25) is 0 Å². The van der Waals surface area contributed by atoms with Crippen molar-refractivity contribution < 1.29 is 9.59 Å². The third-order valence-corrected chi connectivity index (χ3v) is 2.41. The molecule has 0 radical (unpaired) electrons. The Morgan fingerprint density at radius 3 is 2.50 bits per heavy atom. The molecule has 0 bridgehead atoms. The van der Waals surface area contributed by atoms with Gasteiger partial charge in [0.15, 0.2) is 0 Å². The first-order chi connectivity index (χ1) is 6.71. The summed E-state index contributed by atoms with van der Waals surface area (Å²) < 4.78 is 0. The van der Waals surface area contributed by atoms with Gasteiger partial charge in [-0.25, -0.2) is 0 Å². The van der Waals surface area contributed by atoms with Gasteiger partial charge in [-0.3, -0.25) is 4.79 Å². The Balaban J connectivity index is 3.13. The zero-order valence-corrected chi connectivity index (χ0v) is 7.90. The van der Waals surface area contributed by atoms with Crippen molar-refractivity contribution in [1.29, 1.82) is 0 Å². The van der Waals surface area contributed by atoms with Crippen molar-refractivity contribution in [3.05, 3.63) is 48.6 Å². The van der Waals surface area contributed by atoms with Gasteiger partial charge >= 0.3 is 0 Å². The number of aldehydes is 2. The minimum atomic E-state index is -0.671. The van der Waals surface area contributed by atoms with E-state index in [9.17, 15) is 9.59 Å². The van der Waals surface area contributed by atoms with Crippen molar-refractivity contribution in [2.45, 2.75) is 6.42 Å². The van der Waals surface area contributed by atoms with Gasteiger partial charge in [0.1, 0.15) is 12.6 Å². The minimum absolute atomic E-state index is 0.466. The van der Waals surface area contributed by atoms with E-state index in [-0.39, 0.29) is 0 Å². The van der Waals surface area contributed by atoms with Crippen LogP contribution in [0.1, 0.15) is 6.42 Å². The molecule has 1 aliphatic carbocycles. The van der Waals surface area contributed by atoms with Gasteiger partial charge in [0.25, 0.3) is 0 Å². The highest BCUT2D eigenvalue weighted by molar-refractivity contribution is 5.82. The van der Waals surface area contributed by atoms with Gasteiger partial charge in [-0.2, -0.15) is 0 Å². The first-order valence-corrected chi connectivity index (χ1v) is 4.31. The summed E-state index contributed by atoms with van der Waals surface area (Å²) in [6.07, 6.45) is 8.60. The molecular weight excluding hydrogens is 176 g/mol. The topological polar surface area (TPSA) is 34.1 Å². The second-order valence-corrected chi connectivity index (χ2v) is 3.25. The van der Waals surface area contributed by atoms with Crippen LogP contribution in [0.4, 0.5) is 0 Å². The molecule has 0 aromatic carbocycles. The molecule has 14 heavy (non-hydrogen) atoms. The molecule has 0 N–H and O–H groups in total. The summed E-state index contributed by atoms with van der Waals surface area (Å²) in [6.45, 7) is 7.24. The first-order valence-electron chi connectivity index (χ1n) is 4.31. The molecule has 1 aliphatic rings. The van der Waals surface area contributed by atoms with Crippen molar-refractivity contribution in [2.75, 3.05) is 0 Å². The number of hydrogen-bond acceptors (Lipinski definition) is 2. The molecular formula is C12H12O2. The molecule has 0 spiro atoms. The highest BCUT2D eigenvalue weighted by Gasteiger charge is 2.27. The molecule has 1 unspecified atom stereocenters. The molecule has 0 aliphatic heterocycles. The van der Waals surface area contributed by atoms with E-state index in [0.717, 1.165) is 18.1 Å². The summed E-state index contributed by atoms with van der Waals surface area (Å²) in [4.78, 5) is 21.5. The van der Waals surface area contributed by atoms with E-state index >= 15 is 0 Å². The number of hydrogen-bond donors (Lipinski definition) is 0. The maximum atomic E-state index is 10.9. The standard InChI is InChI=1S/C12H12O2/c1-3-10-7-12(4-2,9-14)6-5-11(10)8-13/h3-6,8-9H,1-2,7H2. The summed E-state index contributed by atoms with van der Waals surface area (Å²) in [5, 5.41) is 0. The maximum absolute atomic E-state index is 10.9. The van der Waals surface area contributed by atoms with Gasteiger partial charge in [0, 0.05) is 5.57 Å². The lowest BCUT2D eigenvalue weighted by molar-refractivity contribution is -0.112. The summed E-state index contributed by atoms with van der Waals surface area (Å²) in [6, 6.07) is 0. The van der Waals surface area contributed by atoms with E-state index in [0.29, 0.717) is 12.0 Å². The fourth-order valence-corrected chi connectivity index (χ4v) is 1.42. The van der Waals surface area contributed by atoms with Gasteiger partial charge < -0.3 is 4.79 Å². The Kier molecular flexibility index (Phi) is 2.97. The quantitative estimate of drug-likeness (QED) is 0.499. The average molecular weight is 188 g/mol. The minimum Gasteiger partial charge on any atom is -0.302 e. The van der Waals surface area contributed by atoms with Crippen molar-refractivity contribution in [1.82, 2.24) is 0 Å². The molecule has 2 nitrogen and oxygen atoms in total. The van der Waals surface area contributed by atoms with Crippen molar-refractivity contribution >= 4 is 12.6 Å². The Hall–Kier alpha value is -1.70. The zero-order valence-electron chi connectivity index (χ0n) is 7.90. The normalized spacial score (nSPS) is 25.7. The Labute approximate surface area is 83.3 Å². The SMILES string of the molecule is C=CC1=C(C=O)C=CC(C=C)(C=O)C1. The lowest BCUT2D eigenvalue weighted by Crippen LogP contribution is -2.20. The number of carbonyl (C=O) groups is 2. The molecule has 0 aromatic rings. The van der Waals surface area contributed by atoms with Crippen molar-refractivity contribution in [3.8, 4) is 0 Å². The van der Waals surface area contributed by atoms with Crippen LogP contribution in [0, 0.1) is 5.41 Å². The van der Waals surface area contributed by atoms with E-state index in [4.69, 9.17) is 0 Å². The number of carbonyl (C=O) groups excluding carboxylic acids is 2. The highest BCUT2D eigenvalue weighted by Crippen LogP contribution is 2.33. The third kappa shape index (κ3) is 1.64. The summed E-state index contributed by atoms with van der Waals surface area (Å²) in [5.74, 6) is 0. The van der Waals surface area contributed by atoms with Crippen LogP contribution in [-0.2, 0) is 9.59 Å². The van der Waals surface area contributed by atoms with Crippen LogP contribution in [0.3, 0.4) is 0 Å². The first kappa shape index (κ1) is 10.4. The third-order valence-electron chi connectivity index (χ3n) is 2.41. The van der Waals surface area contributed by atoms with E-state index in [2.05, 4.69) is 13.2 Å². The van der Waals surface area contributed by atoms with E-state index < -0.39 is 5.41 Å². The van der Waals surface area contributed by atoms with E-state index in [1.165, 1.54) is 0 Å². The Morgan fingerprint density at radius 2 is 2.07 bits per heavy atom. The van der Waals surface area contributed by atoms with Crippen LogP contribution in [-0.4, -0.2) is 12.6 Å². The fraction of sp³-hybridized carbons (Fsp3) is 0.167. The molecule has 0 aromatic heterocycles. The van der Waals surface area contributed by atoms with Crippen molar-refractivity contribution in [2.24, 2.45) is 5.41 Å². The molecule has 72 valence electrons. The largest absolute Gasteiger partial charge is 0.302 e. The van der Waals surface area contributed by atoms with Crippen LogP contribution < -0.4 is 0 Å². The van der Waals surface area contributed by atoms with Crippen molar-refractivity contribution in [3.63, 3.8) is 0 Å². The van der Waals surface area contributed by atoms with Gasteiger partial charge in [0.05, 0.1) is 5.41 Å². The average Bonchev–Trinajstić information content (AvgIpc) is 2.28. The highest BCUT2D eigenvalue weighted by atomic mass is 16.1. The molecule has 1 atom stereocenters. The fourth-order valence-electron chi connectivity index (χ4n) is 1.42. The second-order valence-electron chi connectivity index (χ2n) is 3.25. The van der Waals surface area contributed by atoms with Crippen LogP contribution in [0.5, 0.6) is 0 Å². The molecule has 1 rings (SSSR count). The lowest BCUT2D eigenvalue weighted by atomic mass is 9.77. The molecule has 0 saturated carbocycles. The van der Waals surface area contributed by atoms with Gasteiger partial charge in [-0.05, 0) is 12.0 Å². The zero-order chi connectivity index (χ0) is 10.6. The monoisotopic (exact) mass is 188 g/mol. The summed E-state index contributed by atoms with van der Waals surface area (Å²) >= 11 is 0. The Bertz CT molecular complexity index is 337. The summed E-state index contributed by atoms with van der Waals surface area (Å²) in [7, 11) is 0. The smallest absolute Gasteiger partial charge is 0.150 e. The molecule has 2 heteroatoms. The predicted octanol–water partition coefficient (Wildman–Crippen LogP) is 2.00. The van der Waals surface area contributed by atoms with E-state index in [1.54, 1.807) is 24.3 Å². The maximum Gasteiger partial charge on any atom is 0.150 e. The lowest BCUT2D eigenvalue weighted by Gasteiger charge is -2.24. The van der Waals surface area contributed by atoms with Gasteiger partial charge in [-0.1, -0.05) is 30.9 Å². The molecule has 0 heterocycles. The molecule has 0 saturated heterocycles. The Morgan fingerprint density at radius 1 is 1.36 bits per heavy atom. The van der Waals surface area contributed by atoms with Gasteiger partial charge in [-0.15, -0.1) is 6.58 Å². The number of allylic oxidation sites excluding steroid dienone is 6. The van der Waals surface area contributed by atoms with Crippen LogP contribution in [0.25, 0.3) is 0 Å². The van der Waals surface area contributed by atoms with Crippen LogP contribution >= 0.6 is 0 Å². The van der Waals surface area contributed by atoms with Crippen LogP contribution in [0.2, 0.25) is 0 Å². The summed E-state index contributed by atoms with van der Waals surface area (Å²) in [5.41, 5.74) is 0.699. The molecule has 0 fully saturated rings.